The Morgan fingerprint density at radius 1 is 1.50 bits per heavy atom. The Kier molecular flexibility index (Phi) is 3.84. The highest BCUT2D eigenvalue weighted by molar-refractivity contribution is 5.88. The Morgan fingerprint density at radius 2 is 2.28 bits per heavy atom. The number of aryl methyl sites for hydroxylation is 1. The third-order valence-electron chi connectivity index (χ3n) is 3.58. The molecule has 1 aromatic rings. The zero-order valence-electron chi connectivity index (χ0n) is 10.9. The van der Waals surface area contributed by atoms with Crippen molar-refractivity contribution in [2.24, 2.45) is 11.8 Å². The molecule has 4 heteroatoms. The average Bonchev–Trinajstić information content (AvgIpc) is 2.72. The van der Waals surface area contributed by atoms with Crippen molar-refractivity contribution in [2.75, 3.05) is 11.9 Å². The first kappa shape index (κ1) is 12.9. The van der Waals surface area contributed by atoms with Crippen LogP contribution in [0.1, 0.15) is 42.2 Å². The molecule has 98 valence electrons. The summed E-state index contributed by atoms with van der Waals surface area (Å²) in [5.74, 6) is 1.28. The van der Waals surface area contributed by atoms with Crippen LogP contribution in [0.4, 0.5) is 5.82 Å². The first-order chi connectivity index (χ1) is 8.54. The van der Waals surface area contributed by atoms with E-state index in [-0.39, 0.29) is 0 Å². The number of anilines is 1. The van der Waals surface area contributed by atoms with Gasteiger partial charge in [-0.15, -0.1) is 0 Å². The van der Waals surface area contributed by atoms with Gasteiger partial charge in [-0.2, -0.15) is 0 Å². The molecule has 2 rings (SSSR count). The van der Waals surface area contributed by atoms with Crippen LogP contribution in [-0.2, 0) is 0 Å². The molecule has 0 amide bonds. The number of aromatic nitrogens is 1. The highest BCUT2D eigenvalue weighted by atomic mass is 16.4. The molecule has 0 aliphatic heterocycles. The van der Waals surface area contributed by atoms with Crippen LogP contribution in [-0.4, -0.2) is 22.6 Å². The number of carbonyl (C=O) groups is 1. The molecule has 4 nitrogen and oxygen atoms in total. The van der Waals surface area contributed by atoms with Crippen molar-refractivity contribution < 1.29 is 9.90 Å². The molecule has 1 saturated carbocycles. The summed E-state index contributed by atoms with van der Waals surface area (Å²) in [7, 11) is 0. The summed E-state index contributed by atoms with van der Waals surface area (Å²) in [6.45, 7) is 4.99. The maximum absolute atomic E-state index is 11.0. The molecule has 0 bridgehead atoms. The molecule has 2 N–H and O–H groups in total. The van der Waals surface area contributed by atoms with Crippen LogP contribution in [0.5, 0.6) is 0 Å². The van der Waals surface area contributed by atoms with Crippen molar-refractivity contribution >= 4 is 11.8 Å². The van der Waals surface area contributed by atoms with E-state index in [1.165, 1.54) is 19.3 Å². The number of pyridine rings is 1. The number of rotatable bonds is 4. The van der Waals surface area contributed by atoms with Crippen LogP contribution < -0.4 is 5.32 Å². The molecular formula is C14H20N2O2. The van der Waals surface area contributed by atoms with E-state index in [0.29, 0.717) is 17.3 Å². The molecule has 0 spiro atoms. The Balaban J connectivity index is 1.98. The molecule has 18 heavy (non-hydrogen) atoms. The highest BCUT2D eigenvalue weighted by Gasteiger charge is 2.21. The highest BCUT2D eigenvalue weighted by Crippen LogP contribution is 2.30. The molecule has 0 radical (unpaired) electrons. The summed E-state index contributed by atoms with van der Waals surface area (Å²) >= 11 is 0. The van der Waals surface area contributed by atoms with Gasteiger partial charge in [0.25, 0.3) is 0 Å². The lowest BCUT2D eigenvalue weighted by Gasteiger charge is -2.12. The van der Waals surface area contributed by atoms with E-state index in [4.69, 9.17) is 5.11 Å². The minimum absolute atomic E-state index is 0.296. The zero-order chi connectivity index (χ0) is 13.1. The van der Waals surface area contributed by atoms with E-state index in [0.717, 1.165) is 18.2 Å². The van der Waals surface area contributed by atoms with Crippen molar-refractivity contribution in [3.05, 3.63) is 23.4 Å². The van der Waals surface area contributed by atoms with Crippen LogP contribution in [0.2, 0.25) is 0 Å². The maximum atomic E-state index is 11.0. The number of nitrogens with zero attached hydrogens (tertiary/aromatic N) is 1. The lowest BCUT2D eigenvalue weighted by molar-refractivity contribution is 0.0696. The summed E-state index contributed by atoms with van der Waals surface area (Å²) < 4.78 is 0. The van der Waals surface area contributed by atoms with Crippen molar-refractivity contribution in [1.82, 2.24) is 4.98 Å². The molecule has 2 unspecified atom stereocenters. The normalized spacial score (nSPS) is 23.0. The lowest BCUT2D eigenvalue weighted by atomic mass is 10.1. The van der Waals surface area contributed by atoms with E-state index in [1.54, 1.807) is 12.1 Å². The van der Waals surface area contributed by atoms with Gasteiger partial charge in [0.05, 0.1) is 5.56 Å². The first-order valence-corrected chi connectivity index (χ1v) is 6.50. The van der Waals surface area contributed by atoms with Gasteiger partial charge in [-0.05, 0) is 43.7 Å². The third-order valence-corrected chi connectivity index (χ3v) is 3.58. The predicted octanol–water partition coefficient (Wildman–Crippen LogP) is 2.94. The van der Waals surface area contributed by atoms with Crippen LogP contribution in [0.15, 0.2) is 12.1 Å². The maximum Gasteiger partial charge on any atom is 0.335 e. The summed E-state index contributed by atoms with van der Waals surface area (Å²) in [5, 5.41) is 12.3. The molecule has 1 aliphatic carbocycles. The summed E-state index contributed by atoms with van der Waals surface area (Å²) in [6.07, 6.45) is 3.81. The molecule has 0 aromatic carbocycles. The number of carboxylic acid groups (broad SMARTS) is 1. The SMILES string of the molecule is Cc1cc(C(=O)O)cc(NCC2CCC(C)C2)n1. The van der Waals surface area contributed by atoms with E-state index >= 15 is 0 Å². The van der Waals surface area contributed by atoms with Gasteiger partial charge in [-0.25, -0.2) is 9.78 Å². The predicted molar refractivity (Wildman–Crippen MR) is 70.9 cm³/mol. The molecule has 1 heterocycles. The van der Waals surface area contributed by atoms with E-state index < -0.39 is 5.97 Å². The van der Waals surface area contributed by atoms with Gasteiger partial charge in [-0.3, -0.25) is 0 Å². The van der Waals surface area contributed by atoms with Crippen LogP contribution in [0.25, 0.3) is 0 Å². The van der Waals surface area contributed by atoms with Crippen molar-refractivity contribution in [2.45, 2.75) is 33.1 Å². The minimum Gasteiger partial charge on any atom is -0.478 e. The van der Waals surface area contributed by atoms with E-state index in [1.807, 2.05) is 6.92 Å². The Morgan fingerprint density at radius 3 is 2.89 bits per heavy atom. The third kappa shape index (κ3) is 3.22. The van der Waals surface area contributed by atoms with Gasteiger partial charge in [-0.1, -0.05) is 13.3 Å². The fraction of sp³-hybridized carbons (Fsp3) is 0.571. The molecule has 1 aromatic heterocycles. The van der Waals surface area contributed by atoms with Gasteiger partial charge in [0.1, 0.15) is 5.82 Å². The van der Waals surface area contributed by atoms with Gasteiger partial charge in [0.15, 0.2) is 0 Å². The van der Waals surface area contributed by atoms with Crippen molar-refractivity contribution in [1.29, 1.82) is 0 Å². The quantitative estimate of drug-likeness (QED) is 0.860. The average molecular weight is 248 g/mol. The standard InChI is InChI=1S/C14H20N2O2/c1-9-3-4-11(5-9)8-15-13-7-12(14(17)18)6-10(2)16-13/h6-7,9,11H,3-5,8H2,1-2H3,(H,15,16)(H,17,18). The largest absolute Gasteiger partial charge is 0.478 e. The smallest absolute Gasteiger partial charge is 0.335 e. The van der Waals surface area contributed by atoms with Crippen molar-refractivity contribution in [3.63, 3.8) is 0 Å². The number of nitrogens with one attached hydrogen (secondary N) is 1. The minimum atomic E-state index is -0.905. The molecule has 0 saturated heterocycles. The summed E-state index contributed by atoms with van der Waals surface area (Å²) in [6, 6.07) is 3.19. The van der Waals surface area contributed by atoms with Gasteiger partial charge >= 0.3 is 5.97 Å². The first-order valence-electron chi connectivity index (χ1n) is 6.50. The van der Waals surface area contributed by atoms with Gasteiger partial charge < -0.3 is 10.4 Å². The van der Waals surface area contributed by atoms with E-state index in [9.17, 15) is 4.79 Å². The number of carboxylic acids is 1. The van der Waals surface area contributed by atoms with Crippen LogP contribution in [0, 0.1) is 18.8 Å². The summed E-state index contributed by atoms with van der Waals surface area (Å²) in [5.41, 5.74) is 1.03. The topological polar surface area (TPSA) is 62.2 Å². The number of hydrogen-bond donors (Lipinski definition) is 2. The Labute approximate surface area is 107 Å². The second-order valence-corrected chi connectivity index (χ2v) is 5.35. The monoisotopic (exact) mass is 248 g/mol. The zero-order valence-corrected chi connectivity index (χ0v) is 10.9. The molecular weight excluding hydrogens is 228 g/mol. The second-order valence-electron chi connectivity index (χ2n) is 5.35. The van der Waals surface area contributed by atoms with E-state index in [2.05, 4.69) is 17.2 Å². The molecule has 1 aliphatic rings. The molecule has 2 atom stereocenters. The van der Waals surface area contributed by atoms with Crippen LogP contribution >= 0.6 is 0 Å². The second kappa shape index (κ2) is 5.38. The Hall–Kier alpha value is -1.58. The lowest BCUT2D eigenvalue weighted by Crippen LogP contribution is -2.13. The van der Waals surface area contributed by atoms with Crippen LogP contribution in [0.3, 0.4) is 0 Å². The fourth-order valence-electron chi connectivity index (χ4n) is 2.64. The Bertz CT molecular complexity index is 445. The van der Waals surface area contributed by atoms with Crippen molar-refractivity contribution in [3.8, 4) is 0 Å². The number of hydrogen-bond acceptors (Lipinski definition) is 3. The fourth-order valence-corrected chi connectivity index (χ4v) is 2.64. The van der Waals surface area contributed by atoms with Gasteiger partial charge in [0, 0.05) is 12.2 Å². The molecule has 1 fully saturated rings. The van der Waals surface area contributed by atoms with Gasteiger partial charge in [0.2, 0.25) is 0 Å². The summed E-state index contributed by atoms with van der Waals surface area (Å²) in [4.78, 5) is 15.3. The number of aromatic carboxylic acids is 1.